The molecule has 9 heavy (non-hydrogen) atoms. The first-order valence-corrected chi connectivity index (χ1v) is 2.63. The molecule has 0 amide bonds. The minimum Gasteiger partial charge on any atom is -0.486 e. The average molecular weight is 124 g/mol. The van der Waals surface area contributed by atoms with Gasteiger partial charge in [-0.1, -0.05) is 0 Å². The highest BCUT2D eigenvalue weighted by Gasteiger charge is 2.08. The van der Waals surface area contributed by atoms with E-state index in [-0.39, 0.29) is 6.10 Å². The highest BCUT2D eigenvalue weighted by atomic mass is 16.5. The molecule has 0 saturated heterocycles. The van der Waals surface area contributed by atoms with E-state index in [0.29, 0.717) is 5.70 Å². The van der Waals surface area contributed by atoms with Gasteiger partial charge in [0.2, 0.25) is 0 Å². The van der Waals surface area contributed by atoms with Crippen molar-refractivity contribution in [3.63, 3.8) is 0 Å². The molecule has 0 fully saturated rings. The van der Waals surface area contributed by atoms with Crippen LogP contribution in [-0.2, 0) is 4.74 Å². The summed E-state index contributed by atoms with van der Waals surface area (Å²) in [5.41, 5.74) is 6.00. The fraction of sp³-hybridized carbons (Fsp3) is 0.167. The Kier molecular flexibility index (Phi) is 1.53. The molecule has 0 radical (unpaired) electrons. The zero-order chi connectivity index (χ0) is 6.69. The van der Waals surface area contributed by atoms with Crippen molar-refractivity contribution in [2.24, 2.45) is 5.73 Å². The van der Waals surface area contributed by atoms with Gasteiger partial charge in [0.15, 0.2) is 6.10 Å². The van der Waals surface area contributed by atoms with Crippen LogP contribution in [0.3, 0.4) is 0 Å². The minimum absolute atomic E-state index is 0.352. The standard InChI is InChI=1S/C6H8N2O/c7-4-6-5(8)2-1-3-9-6/h1-4,6-7H,8H2. The Balaban J connectivity index is 2.69. The summed E-state index contributed by atoms with van der Waals surface area (Å²) in [7, 11) is 0. The molecule has 1 unspecified atom stereocenters. The number of ether oxygens (including phenoxy) is 1. The van der Waals surface area contributed by atoms with Gasteiger partial charge in [-0.05, 0) is 12.2 Å². The summed E-state index contributed by atoms with van der Waals surface area (Å²) >= 11 is 0. The second kappa shape index (κ2) is 2.35. The first-order chi connectivity index (χ1) is 4.34. The molecule has 1 rings (SSSR count). The summed E-state index contributed by atoms with van der Waals surface area (Å²) in [6, 6.07) is 0. The maximum atomic E-state index is 6.82. The van der Waals surface area contributed by atoms with Gasteiger partial charge in [-0.15, -0.1) is 0 Å². The van der Waals surface area contributed by atoms with Crippen LogP contribution in [0.1, 0.15) is 0 Å². The van der Waals surface area contributed by atoms with Crippen molar-refractivity contribution >= 4 is 6.21 Å². The third-order valence-corrected chi connectivity index (χ3v) is 1.07. The summed E-state index contributed by atoms with van der Waals surface area (Å²) in [6.07, 6.45) is 5.76. The Morgan fingerprint density at radius 3 is 3.00 bits per heavy atom. The van der Waals surface area contributed by atoms with Crippen molar-refractivity contribution in [1.29, 1.82) is 5.41 Å². The van der Waals surface area contributed by atoms with E-state index < -0.39 is 0 Å². The van der Waals surface area contributed by atoms with E-state index in [1.54, 1.807) is 12.2 Å². The molecule has 1 aliphatic heterocycles. The summed E-state index contributed by atoms with van der Waals surface area (Å²) in [5.74, 6) is 0. The van der Waals surface area contributed by atoms with Crippen LogP contribution >= 0.6 is 0 Å². The number of nitrogens with one attached hydrogen (secondary N) is 1. The van der Waals surface area contributed by atoms with Gasteiger partial charge in [0.1, 0.15) is 0 Å². The van der Waals surface area contributed by atoms with Crippen LogP contribution in [0, 0.1) is 5.41 Å². The van der Waals surface area contributed by atoms with E-state index >= 15 is 0 Å². The Morgan fingerprint density at radius 1 is 1.78 bits per heavy atom. The van der Waals surface area contributed by atoms with Crippen molar-refractivity contribution in [2.75, 3.05) is 0 Å². The number of allylic oxidation sites excluding steroid dienone is 2. The molecule has 48 valence electrons. The molecule has 0 spiro atoms. The minimum atomic E-state index is -0.352. The highest BCUT2D eigenvalue weighted by molar-refractivity contribution is 5.64. The Hall–Kier alpha value is -1.25. The smallest absolute Gasteiger partial charge is 0.171 e. The zero-order valence-corrected chi connectivity index (χ0v) is 4.87. The van der Waals surface area contributed by atoms with Crippen molar-refractivity contribution in [2.45, 2.75) is 6.10 Å². The normalized spacial score (nSPS) is 24.4. The van der Waals surface area contributed by atoms with Crippen LogP contribution in [0.25, 0.3) is 0 Å². The topological polar surface area (TPSA) is 59.1 Å². The summed E-state index contributed by atoms with van der Waals surface area (Å²) in [4.78, 5) is 0. The molecule has 3 nitrogen and oxygen atoms in total. The highest BCUT2D eigenvalue weighted by Crippen LogP contribution is 2.03. The van der Waals surface area contributed by atoms with E-state index in [1.165, 1.54) is 6.26 Å². The third-order valence-electron chi connectivity index (χ3n) is 1.07. The van der Waals surface area contributed by atoms with E-state index in [2.05, 4.69) is 0 Å². The summed E-state index contributed by atoms with van der Waals surface area (Å²) < 4.78 is 4.92. The first-order valence-electron chi connectivity index (χ1n) is 2.63. The molecule has 0 aliphatic carbocycles. The van der Waals surface area contributed by atoms with Crippen LogP contribution in [0.15, 0.2) is 24.1 Å². The fourth-order valence-corrected chi connectivity index (χ4v) is 0.589. The lowest BCUT2D eigenvalue weighted by molar-refractivity contribution is 0.230. The van der Waals surface area contributed by atoms with Gasteiger partial charge >= 0.3 is 0 Å². The van der Waals surface area contributed by atoms with Crippen molar-refractivity contribution in [3.8, 4) is 0 Å². The Bertz CT molecular complexity index is 172. The van der Waals surface area contributed by atoms with E-state index in [9.17, 15) is 0 Å². The van der Waals surface area contributed by atoms with Gasteiger partial charge in [0.05, 0.1) is 12.0 Å². The second-order valence-corrected chi connectivity index (χ2v) is 1.72. The van der Waals surface area contributed by atoms with Gasteiger partial charge in [-0.25, -0.2) is 0 Å². The summed E-state index contributed by atoms with van der Waals surface area (Å²) in [5, 5.41) is 6.82. The van der Waals surface area contributed by atoms with Crippen LogP contribution in [-0.4, -0.2) is 12.3 Å². The molecule has 0 bridgehead atoms. The average Bonchev–Trinajstić information content (AvgIpc) is 1.89. The van der Waals surface area contributed by atoms with Crippen LogP contribution in [0.2, 0.25) is 0 Å². The molecule has 1 aliphatic rings. The van der Waals surface area contributed by atoms with Gasteiger partial charge in [0.25, 0.3) is 0 Å². The first kappa shape index (κ1) is 5.88. The molecule has 3 N–H and O–H groups in total. The predicted molar refractivity (Wildman–Crippen MR) is 35.1 cm³/mol. The fourth-order valence-electron chi connectivity index (χ4n) is 0.589. The zero-order valence-electron chi connectivity index (χ0n) is 4.87. The SMILES string of the molecule is N=CC1OC=CC=C1N. The molecule has 1 atom stereocenters. The van der Waals surface area contributed by atoms with Gasteiger partial charge < -0.3 is 15.9 Å². The lowest BCUT2D eigenvalue weighted by atomic mass is 10.2. The molecule has 0 aromatic carbocycles. The second-order valence-electron chi connectivity index (χ2n) is 1.72. The molecule has 0 saturated carbocycles. The van der Waals surface area contributed by atoms with Gasteiger partial charge in [0, 0.05) is 6.21 Å². The maximum Gasteiger partial charge on any atom is 0.171 e. The number of hydrogen-bond donors (Lipinski definition) is 2. The predicted octanol–water partition coefficient (Wildman–Crippen LogP) is 0.391. The van der Waals surface area contributed by atoms with Crippen molar-refractivity contribution in [3.05, 3.63) is 24.1 Å². The number of rotatable bonds is 1. The van der Waals surface area contributed by atoms with Crippen LogP contribution < -0.4 is 5.73 Å². The van der Waals surface area contributed by atoms with Crippen molar-refractivity contribution in [1.82, 2.24) is 0 Å². The number of nitrogens with two attached hydrogens (primary N) is 1. The van der Waals surface area contributed by atoms with Crippen molar-refractivity contribution < 1.29 is 4.74 Å². The van der Waals surface area contributed by atoms with Gasteiger partial charge in [-0.2, -0.15) is 0 Å². The molecule has 1 heterocycles. The number of hydrogen-bond acceptors (Lipinski definition) is 3. The van der Waals surface area contributed by atoms with Crippen LogP contribution in [0.5, 0.6) is 0 Å². The van der Waals surface area contributed by atoms with E-state index in [0.717, 1.165) is 6.21 Å². The lowest BCUT2D eigenvalue weighted by Gasteiger charge is -2.13. The lowest BCUT2D eigenvalue weighted by Crippen LogP contribution is -2.22. The van der Waals surface area contributed by atoms with Crippen LogP contribution in [0.4, 0.5) is 0 Å². The Morgan fingerprint density at radius 2 is 2.56 bits per heavy atom. The largest absolute Gasteiger partial charge is 0.486 e. The molecule has 0 aromatic heterocycles. The molecular formula is C6H8N2O. The molecular weight excluding hydrogens is 116 g/mol. The van der Waals surface area contributed by atoms with E-state index in [4.69, 9.17) is 15.9 Å². The summed E-state index contributed by atoms with van der Waals surface area (Å²) in [6.45, 7) is 0. The maximum absolute atomic E-state index is 6.82. The van der Waals surface area contributed by atoms with E-state index in [1.807, 2.05) is 0 Å². The quantitative estimate of drug-likeness (QED) is 0.497. The molecule has 3 heteroatoms. The third kappa shape index (κ3) is 1.10. The van der Waals surface area contributed by atoms with Gasteiger partial charge in [-0.3, -0.25) is 0 Å². The Labute approximate surface area is 53.3 Å². The monoisotopic (exact) mass is 124 g/mol. The molecule has 0 aromatic rings.